The van der Waals surface area contributed by atoms with Crippen molar-refractivity contribution in [3.63, 3.8) is 0 Å². The number of nitrogens with zero attached hydrogens (tertiary/aromatic N) is 2. The summed E-state index contributed by atoms with van der Waals surface area (Å²) < 4.78 is 11.6. The molecule has 1 aromatic heterocycles. The van der Waals surface area contributed by atoms with Gasteiger partial charge in [-0.3, -0.25) is 4.68 Å². The first-order valence-corrected chi connectivity index (χ1v) is 6.16. The van der Waals surface area contributed by atoms with Gasteiger partial charge in [0.15, 0.2) is 0 Å². The van der Waals surface area contributed by atoms with Crippen molar-refractivity contribution in [1.29, 1.82) is 0 Å². The second-order valence-corrected chi connectivity index (χ2v) is 4.21. The molecule has 0 amide bonds. The van der Waals surface area contributed by atoms with E-state index in [1.807, 2.05) is 0 Å². The van der Waals surface area contributed by atoms with Crippen molar-refractivity contribution in [3.05, 3.63) is 16.9 Å². The Morgan fingerprint density at radius 1 is 1.44 bits per heavy atom. The first-order chi connectivity index (χ1) is 8.70. The van der Waals surface area contributed by atoms with Gasteiger partial charge in [0.1, 0.15) is 6.10 Å². The van der Waals surface area contributed by atoms with Crippen LogP contribution in [0.2, 0.25) is 5.02 Å². The van der Waals surface area contributed by atoms with Gasteiger partial charge in [0.2, 0.25) is 0 Å². The Morgan fingerprint density at radius 3 is 2.83 bits per heavy atom. The average Bonchev–Trinajstić information content (AvgIpc) is 2.73. The Kier molecular flexibility index (Phi) is 7.22. The molecule has 0 aromatic carbocycles. The summed E-state index contributed by atoms with van der Waals surface area (Å²) in [5, 5.41) is 17.7. The number of aliphatic hydroxyl groups is 1. The second-order valence-electron chi connectivity index (χ2n) is 3.81. The fourth-order valence-corrected chi connectivity index (χ4v) is 1.84. The molecular weight excluding hydrogens is 258 g/mol. The van der Waals surface area contributed by atoms with E-state index in [9.17, 15) is 5.11 Å². The van der Waals surface area contributed by atoms with Gasteiger partial charge < -0.3 is 19.9 Å². The van der Waals surface area contributed by atoms with Gasteiger partial charge in [0.25, 0.3) is 0 Å². The lowest BCUT2D eigenvalue weighted by Gasteiger charge is -2.14. The fourth-order valence-electron chi connectivity index (χ4n) is 1.57. The number of hydrogen-bond donors (Lipinski definition) is 2. The summed E-state index contributed by atoms with van der Waals surface area (Å²) in [6.07, 6.45) is 0.832. The van der Waals surface area contributed by atoms with Crippen LogP contribution < -0.4 is 5.32 Å². The minimum Gasteiger partial charge on any atom is -0.385 e. The predicted octanol–water partition coefficient (Wildman–Crippen LogP) is 0.452. The molecule has 1 rings (SSSR count). The molecule has 0 saturated heterocycles. The third-order valence-electron chi connectivity index (χ3n) is 2.48. The number of aromatic nitrogens is 2. The molecule has 18 heavy (non-hydrogen) atoms. The Morgan fingerprint density at radius 2 is 2.17 bits per heavy atom. The maximum atomic E-state index is 10.1. The van der Waals surface area contributed by atoms with E-state index in [0.717, 1.165) is 0 Å². The summed E-state index contributed by atoms with van der Waals surface area (Å²) in [5.74, 6) is 0. The molecule has 0 aliphatic rings. The van der Waals surface area contributed by atoms with Crippen molar-refractivity contribution in [2.45, 2.75) is 12.6 Å². The molecule has 2 N–H and O–H groups in total. The zero-order valence-electron chi connectivity index (χ0n) is 10.7. The number of aliphatic hydroxyl groups excluding tert-OH is 1. The highest BCUT2D eigenvalue weighted by atomic mass is 35.5. The summed E-state index contributed by atoms with van der Waals surface area (Å²) in [5.41, 5.74) is 0.610. The predicted molar refractivity (Wildman–Crippen MR) is 68.8 cm³/mol. The van der Waals surface area contributed by atoms with E-state index in [-0.39, 0.29) is 0 Å². The molecule has 104 valence electrons. The molecule has 1 heterocycles. The maximum absolute atomic E-state index is 10.1. The highest BCUT2D eigenvalue weighted by molar-refractivity contribution is 6.31. The van der Waals surface area contributed by atoms with Gasteiger partial charge in [-0.2, -0.15) is 5.10 Å². The number of halogens is 1. The molecule has 0 bridgehead atoms. The smallest absolute Gasteiger partial charge is 0.110 e. The lowest BCUT2D eigenvalue weighted by atomic mass is 10.2. The number of nitrogens with one attached hydrogen (secondary N) is 1. The van der Waals surface area contributed by atoms with Crippen molar-refractivity contribution in [3.8, 4) is 0 Å². The number of hydrogen-bond acceptors (Lipinski definition) is 5. The highest BCUT2D eigenvalue weighted by Gasteiger charge is 2.17. The van der Waals surface area contributed by atoms with Crippen molar-refractivity contribution in [2.75, 3.05) is 40.5 Å². The maximum Gasteiger partial charge on any atom is 0.110 e. The lowest BCUT2D eigenvalue weighted by molar-refractivity contribution is 0.145. The molecule has 1 unspecified atom stereocenters. The van der Waals surface area contributed by atoms with Gasteiger partial charge in [-0.1, -0.05) is 11.6 Å². The third-order valence-corrected chi connectivity index (χ3v) is 2.77. The van der Waals surface area contributed by atoms with Gasteiger partial charge in [0.05, 0.1) is 36.7 Å². The van der Waals surface area contributed by atoms with Crippen LogP contribution in [-0.4, -0.2) is 55.4 Å². The Balaban J connectivity index is 2.54. The van der Waals surface area contributed by atoms with E-state index in [4.69, 9.17) is 21.1 Å². The molecule has 0 aliphatic carbocycles. The van der Waals surface area contributed by atoms with Gasteiger partial charge in [-0.25, -0.2) is 0 Å². The molecule has 0 radical (unpaired) electrons. The van der Waals surface area contributed by atoms with Crippen LogP contribution in [0.5, 0.6) is 0 Å². The van der Waals surface area contributed by atoms with Crippen LogP contribution in [-0.2, 0) is 16.0 Å². The molecular formula is C11H20ClN3O3. The van der Waals surface area contributed by atoms with Crippen LogP contribution in [0.1, 0.15) is 11.8 Å². The third kappa shape index (κ3) is 4.55. The highest BCUT2D eigenvalue weighted by Crippen LogP contribution is 2.22. The summed E-state index contributed by atoms with van der Waals surface area (Å²) in [7, 11) is 3.25. The van der Waals surface area contributed by atoms with E-state index in [0.29, 0.717) is 43.6 Å². The van der Waals surface area contributed by atoms with Gasteiger partial charge in [-0.05, 0) is 0 Å². The Bertz CT molecular complexity index is 346. The summed E-state index contributed by atoms with van der Waals surface area (Å²) in [6.45, 7) is 2.77. The number of rotatable bonds is 9. The normalized spacial score (nSPS) is 12.9. The molecule has 1 atom stereocenters. The molecule has 0 fully saturated rings. The van der Waals surface area contributed by atoms with Crippen LogP contribution in [0, 0.1) is 0 Å². The van der Waals surface area contributed by atoms with E-state index in [2.05, 4.69) is 10.4 Å². The van der Waals surface area contributed by atoms with E-state index >= 15 is 0 Å². The van der Waals surface area contributed by atoms with Crippen LogP contribution in [0.4, 0.5) is 0 Å². The van der Waals surface area contributed by atoms with Crippen molar-refractivity contribution >= 4 is 11.6 Å². The van der Waals surface area contributed by atoms with Gasteiger partial charge >= 0.3 is 0 Å². The van der Waals surface area contributed by atoms with Gasteiger partial charge in [-0.15, -0.1) is 0 Å². The van der Waals surface area contributed by atoms with E-state index in [1.165, 1.54) is 6.20 Å². The molecule has 1 aromatic rings. The quantitative estimate of drug-likeness (QED) is 0.642. The van der Waals surface area contributed by atoms with E-state index < -0.39 is 6.10 Å². The van der Waals surface area contributed by atoms with Crippen LogP contribution in [0.3, 0.4) is 0 Å². The zero-order chi connectivity index (χ0) is 13.4. The van der Waals surface area contributed by atoms with Crippen LogP contribution >= 0.6 is 11.6 Å². The molecule has 0 spiro atoms. The zero-order valence-corrected chi connectivity index (χ0v) is 11.5. The Hall–Kier alpha value is -0.660. The topological polar surface area (TPSA) is 68.5 Å². The molecule has 7 heteroatoms. The number of methoxy groups -OCH3 is 2. The molecule has 0 saturated carbocycles. The monoisotopic (exact) mass is 277 g/mol. The first kappa shape index (κ1) is 15.4. The largest absolute Gasteiger partial charge is 0.385 e. The standard InChI is InChI=1S/C11H20ClN3O3/c1-17-5-3-13-8-10(16)11-9(12)7-14-15(11)4-6-18-2/h7,10,13,16H,3-6,8H2,1-2H3. The molecule has 0 aliphatic heterocycles. The first-order valence-electron chi connectivity index (χ1n) is 5.78. The lowest BCUT2D eigenvalue weighted by Crippen LogP contribution is -2.26. The summed E-state index contributed by atoms with van der Waals surface area (Å²) >= 11 is 6.02. The summed E-state index contributed by atoms with van der Waals surface area (Å²) in [6, 6.07) is 0. The second kappa shape index (κ2) is 8.44. The van der Waals surface area contributed by atoms with E-state index in [1.54, 1.807) is 18.9 Å². The number of ether oxygens (including phenoxy) is 2. The van der Waals surface area contributed by atoms with Crippen molar-refractivity contribution < 1.29 is 14.6 Å². The minimum atomic E-state index is -0.700. The van der Waals surface area contributed by atoms with Crippen LogP contribution in [0.15, 0.2) is 6.20 Å². The van der Waals surface area contributed by atoms with Crippen molar-refractivity contribution in [1.82, 2.24) is 15.1 Å². The SMILES string of the molecule is COCCNCC(O)c1c(Cl)cnn1CCOC. The van der Waals surface area contributed by atoms with Gasteiger partial charge in [0, 0.05) is 27.3 Å². The summed E-state index contributed by atoms with van der Waals surface area (Å²) in [4.78, 5) is 0. The minimum absolute atomic E-state index is 0.405. The Labute approximate surface area is 112 Å². The van der Waals surface area contributed by atoms with Crippen molar-refractivity contribution in [2.24, 2.45) is 0 Å². The molecule has 6 nitrogen and oxygen atoms in total. The fraction of sp³-hybridized carbons (Fsp3) is 0.727. The van der Waals surface area contributed by atoms with Crippen LogP contribution in [0.25, 0.3) is 0 Å². The average molecular weight is 278 g/mol.